The minimum Gasteiger partial charge on any atom is -0.385 e. The normalized spacial score (nSPS) is 18.6. The van der Waals surface area contributed by atoms with Gasteiger partial charge in [0.15, 0.2) is 0 Å². The lowest BCUT2D eigenvalue weighted by atomic mass is 9.97. The molecule has 1 amide bonds. The Morgan fingerprint density at radius 2 is 2.24 bits per heavy atom. The summed E-state index contributed by atoms with van der Waals surface area (Å²) >= 11 is 0. The van der Waals surface area contributed by atoms with Crippen molar-refractivity contribution in [2.75, 3.05) is 45.3 Å². The van der Waals surface area contributed by atoms with Gasteiger partial charge < -0.3 is 14.5 Å². The molecule has 0 bridgehead atoms. The molecule has 0 radical (unpaired) electrons. The summed E-state index contributed by atoms with van der Waals surface area (Å²) in [4.78, 5) is 25.0. The van der Waals surface area contributed by atoms with E-state index < -0.39 is 0 Å². The van der Waals surface area contributed by atoms with Crippen LogP contribution in [0, 0.1) is 5.92 Å². The first kappa shape index (κ1) is 15.7. The van der Waals surface area contributed by atoms with E-state index in [1.807, 2.05) is 11.9 Å². The predicted molar refractivity (Wildman–Crippen MR) is 81.1 cm³/mol. The number of piperidine rings is 1. The van der Waals surface area contributed by atoms with Crippen LogP contribution in [0.1, 0.15) is 19.3 Å². The van der Waals surface area contributed by atoms with Gasteiger partial charge in [0.1, 0.15) is 0 Å². The van der Waals surface area contributed by atoms with Gasteiger partial charge in [-0.3, -0.25) is 4.79 Å². The van der Waals surface area contributed by atoms with E-state index in [1.54, 1.807) is 25.6 Å². The van der Waals surface area contributed by atoms with E-state index in [4.69, 9.17) is 4.74 Å². The van der Waals surface area contributed by atoms with Crippen LogP contribution >= 0.6 is 0 Å². The van der Waals surface area contributed by atoms with Gasteiger partial charge in [-0.25, -0.2) is 9.97 Å². The summed E-state index contributed by atoms with van der Waals surface area (Å²) in [6, 6.07) is 1.81. The smallest absolute Gasteiger partial charge is 0.227 e. The maximum atomic E-state index is 12.5. The van der Waals surface area contributed by atoms with Gasteiger partial charge >= 0.3 is 0 Å². The first-order valence-corrected chi connectivity index (χ1v) is 7.48. The molecule has 1 unspecified atom stereocenters. The number of hydrogen-bond acceptors (Lipinski definition) is 5. The lowest BCUT2D eigenvalue weighted by Gasteiger charge is -2.33. The second-order valence-corrected chi connectivity index (χ2v) is 5.44. The van der Waals surface area contributed by atoms with Gasteiger partial charge in [0, 0.05) is 52.8 Å². The molecule has 1 aromatic heterocycles. The summed E-state index contributed by atoms with van der Waals surface area (Å²) in [7, 11) is 3.55. The largest absolute Gasteiger partial charge is 0.385 e. The molecule has 0 spiro atoms. The number of ether oxygens (including phenoxy) is 1. The van der Waals surface area contributed by atoms with Crippen LogP contribution in [-0.4, -0.2) is 61.2 Å². The molecule has 2 heterocycles. The van der Waals surface area contributed by atoms with E-state index >= 15 is 0 Å². The summed E-state index contributed by atoms with van der Waals surface area (Å²) in [5.41, 5.74) is 0. The van der Waals surface area contributed by atoms with Crippen LogP contribution in [0.3, 0.4) is 0 Å². The molecule has 6 nitrogen and oxygen atoms in total. The Kier molecular flexibility index (Phi) is 5.92. The number of methoxy groups -OCH3 is 1. The summed E-state index contributed by atoms with van der Waals surface area (Å²) in [5, 5.41) is 0. The third-order valence-electron chi connectivity index (χ3n) is 3.82. The zero-order valence-electron chi connectivity index (χ0n) is 12.9. The average Bonchev–Trinajstić information content (AvgIpc) is 2.55. The molecule has 0 N–H and O–H groups in total. The molecule has 1 aliphatic heterocycles. The standard InChI is InChI=1S/C15H24N4O2/c1-18(9-5-11-21-2)14(20)13-6-3-10-19(12-13)15-16-7-4-8-17-15/h4,7-8,13H,3,5-6,9-12H2,1-2H3. The monoisotopic (exact) mass is 292 g/mol. The van der Waals surface area contributed by atoms with Crippen molar-refractivity contribution in [1.82, 2.24) is 14.9 Å². The Morgan fingerprint density at radius 3 is 2.95 bits per heavy atom. The molecule has 6 heteroatoms. The molecule has 1 aromatic rings. The topological polar surface area (TPSA) is 58.6 Å². The van der Waals surface area contributed by atoms with Crippen LogP contribution in [0.25, 0.3) is 0 Å². The Labute approximate surface area is 126 Å². The Morgan fingerprint density at radius 1 is 1.48 bits per heavy atom. The Balaban J connectivity index is 1.89. The minimum absolute atomic E-state index is 0.0371. The quantitative estimate of drug-likeness (QED) is 0.737. The highest BCUT2D eigenvalue weighted by Gasteiger charge is 2.28. The van der Waals surface area contributed by atoms with Crippen molar-refractivity contribution in [3.8, 4) is 0 Å². The molecule has 116 valence electrons. The maximum Gasteiger partial charge on any atom is 0.227 e. The molecular formula is C15H24N4O2. The fourth-order valence-electron chi connectivity index (χ4n) is 2.68. The minimum atomic E-state index is 0.0371. The van der Waals surface area contributed by atoms with Gasteiger partial charge in [-0.15, -0.1) is 0 Å². The average molecular weight is 292 g/mol. The van der Waals surface area contributed by atoms with Gasteiger partial charge in [-0.05, 0) is 25.3 Å². The molecule has 1 fully saturated rings. The summed E-state index contributed by atoms with van der Waals surface area (Å²) in [5.74, 6) is 0.971. The van der Waals surface area contributed by atoms with Crippen LogP contribution < -0.4 is 4.90 Å². The maximum absolute atomic E-state index is 12.5. The van der Waals surface area contributed by atoms with Crippen LogP contribution in [0.4, 0.5) is 5.95 Å². The van der Waals surface area contributed by atoms with Crippen LogP contribution in [-0.2, 0) is 9.53 Å². The number of amides is 1. The van der Waals surface area contributed by atoms with Crippen LogP contribution in [0.15, 0.2) is 18.5 Å². The number of carbonyl (C=O) groups is 1. The number of carbonyl (C=O) groups excluding carboxylic acids is 1. The lowest BCUT2D eigenvalue weighted by Crippen LogP contribution is -2.44. The van der Waals surface area contributed by atoms with E-state index in [0.717, 1.165) is 38.3 Å². The molecule has 1 aliphatic rings. The van der Waals surface area contributed by atoms with Crippen LogP contribution in [0.2, 0.25) is 0 Å². The SMILES string of the molecule is COCCCN(C)C(=O)C1CCCN(c2ncccn2)C1. The number of nitrogens with zero attached hydrogens (tertiary/aromatic N) is 4. The van der Waals surface area contributed by atoms with Gasteiger partial charge in [0.05, 0.1) is 5.92 Å². The molecule has 1 atom stereocenters. The summed E-state index contributed by atoms with van der Waals surface area (Å²) in [6.07, 6.45) is 6.30. The highest BCUT2D eigenvalue weighted by Crippen LogP contribution is 2.21. The molecule has 21 heavy (non-hydrogen) atoms. The van der Waals surface area contributed by atoms with E-state index in [9.17, 15) is 4.79 Å². The first-order chi connectivity index (χ1) is 10.2. The van der Waals surface area contributed by atoms with Crippen molar-refractivity contribution in [2.24, 2.45) is 5.92 Å². The van der Waals surface area contributed by atoms with Crippen molar-refractivity contribution >= 4 is 11.9 Å². The second kappa shape index (κ2) is 7.93. The highest BCUT2D eigenvalue weighted by atomic mass is 16.5. The van der Waals surface area contributed by atoms with E-state index in [0.29, 0.717) is 13.2 Å². The predicted octanol–water partition coefficient (Wildman–Crippen LogP) is 1.19. The van der Waals surface area contributed by atoms with Crippen molar-refractivity contribution in [3.63, 3.8) is 0 Å². The van der Waals surface area contributed by atoms with Crippen molar-refractivity contribution in [3.05, 3.63) is 18.5 Å². The molecule has 0 saturated carbocycles. The molecule has 0 aromatic carbocycles. The number of anilines is 1. The molecule has 1 saturated heterocycles. The molecule has 0 aliphatic carbocycles. The van der Waals surface area contributed by atoms with Gasteiger partial charge in [-0.2, -0.15) is 0 Å². The van der Waals surface area contributed by atoms with Gasteiger partial charge in [-0.1, -0.05) is 0 Å². The number of rotatable bonds is 6. The second-order valence-electron chi connectivity index (χ2n) is 5.44. The van der Waals surface area contributed by atoms with Crippen molar-refractivity contribution in [1.29, 1.82) is 0 Å². The first-order valence-electron chi connectivity index (χ1n) is 7.48. The summed E-state index contributed by atoms with van der Waals surface area (Å²) < 4.78 is 5.03. The highest BCUT2D eigenvalue weighted by molar-refractivity contribution is 5.79. The van der Waals surface area contributed by atoms with Crippen molar-refractivity contribution in [2.45, 2.75) is 19.3 Å². The van der Waals surface area contributed by atoms with Gasteiger partial charge in [0.25, 0.3) is 0 Å². The van der Waals surface area contributed by atoms with Crippen LogP contribution in [0.5, 0.6) is 0 Å². The third-order valence-corrected chi connectivity index (χ3v) is 3.82. The fraction of sp³-hybridized carbons (Fsp3) is 0.667. The molecule has 2 rings (SSSR count). The fourth-order valence-corrected chi connectivity index (χ4v) is 2.68. The number of aromatic nitrogens is 2. The number of hydrogen-bond donors (Lipinski definition) is 0. The summed E-state index contributed by atoms with van der Waals surface area (Å²) in [6.45, 7) is 3.05. The van der Waals surface area contributed by atoms with Crippen molar-refractivity contribution < 1.29 is 9.53 Å². The zero-order chi connectivity index (χ0) is 15.1. The van der Waals surface area contributed by atoms with Gasteiger partial charge in [0.2, 0.25) is 11.9 Å². The zero-order valence-corrected chi connectivity index (χ0v) is 12.9. The van der Waals surface area contributed by atoms with E-state index in [-0.39, 0.29) is 11.8 Å². The Bertz CT molecular complexity index is 441. The lowest BCUT2D eigenvalue weighted by molar-refractivity contribution is -0.134. The molecular weight excluding hydrogens is 268 g/mol. The van der Waals surface area contributed by atoms with E-state index in [2.05, 4.69) is 14.9 Å². The van der Waals surface area contributed by atoms with E-state index in [1.165, 1.54) is 0 Å². The third kappa shape index (κ3) is 4.39. The Hall–Kier alpha value is -1.69.